The summed E-state index contributed by atoms with van der Waals surface area (Å²) in [4.78, 5) is 3.88. The van der Waals surface area contributed by atoms with Crippen molar-refractivity contribution in [3.63, 3.8) is 0 Å². The van der Waals surface area contributed by atoms with Gasteiger partial charge in [-0.25, -0.2) is 0 Å². The fraction of sp³-hybridized carbons (Fsp3) is 0.812. The van der Waals surface area contributed by atoms with E-state index in [1.165, 1.54) is 62.4 Å². The van der Waals surface area contributed by atoms with Gasteiger partial charge in [0, 0.05) is 31.4 Å². The van der Waals surface area contributed by atoms with Crippen LogP contribution in [-0.2, 0) is 0 Å². The Balaban J connectivity index is 1.46. The third kappa shape index (κ3) is 4.02. The van der Waals surface area contributed by atoms with E-state index in [9.17, 15) is 0 Å². The van der Waals surface area contributed by atoms with Gasteiger partial charge in [-0.15, -0.1) is 11.7 Å². The van der Waals surface area contributed by atoms with Gasteiger partial charge in [0.2, 0.25) is 0 Å². The maximum Gasteiger partial charge on any atom is 0.0634 e. The highest BCUT2D eigenvalue weighted by atomic mass is 33.1. The van der Waals surface area contributed by atoms with Crippen molar-refractivity contribution in [3.05, 3.63) is 12.4 Å². The van der Waals surface area contributed by atoms with Crippen LogP contribution in [0.2, 0.25) is 0 Å². The molecule has 6 heteroatoms. The number of rotatable bonds is 5. The van der Waals surface area contributed by atoms with Gasteiger partial charge in [0.1, 0.15) is 0 Å². The molecule has 2 aliphatic rings. The second kappa shape index (κ2) is 8.08. The molecule has 0 amide bonds. The maximum atomic E-state index is 4.50. The van der Waals surface area contributed by atoms with Gasteiger partial charge in [0.05, 0.1) is 17.1 Å². The van der Waals surface area contributed by atoms with Gasteiger partial charge in [-0.3, -0.25) is 4.68 Å². The minimum Gasteiger partial charge on any atom is -0.314 e. The van der Waals surface area contributed by atoms with Crippen LogP contribution in [0.3, 0.4) is 0 Å². The van der Waals surface area contributed by atoms with Gasteiger partial charge in [-0.2, -0.15) is 5.10 Å². The highest BCUT2D eigenvalue weighted by Crippen LogP contribution is 2.30. The van der Waals surface area contributed by atoms with Gasteiger partial charge < -0.3 is 10.2 Å². The molecule has 2 fully saturated rings. The summed E-state index contributed by atoms with van der Waals surface area (Å²) in [7, 11) is 1.48. The van der Waals surface area contributed by atoms with E-state index >= 15 is 0 Å². The second-order valence-corrected chi connectivity index (χ2v) is 7.78. The first-order valence-electron chi connectivity index (χ1n) is 8.63. The molecule has 3 rings (SSSR count). The average molecular weight is 341 g/mol. The smallest absolute Gasteiger partial charge is 0.0634 e. The minimum absolute atomic E-state index is 0.573. The summed E-state index contributed by atoms with van der Waals surface area (Å²) < 4.78 is 2.15. The molecule has 0 aromatic carbocycles. The van der Waals surface area contributed by atoms with Crippen LogP contribution in [0.1, 0.15) is 51.5 Å². The topological polar surface area (TPSA) is 33.1 Å². The van der Waals surface area contributed by atoms with E-state index in [0.29, 0.717) is 6.04 Å². The number of likely N-dealkylation sites (tertiary alicyclic amines) is 1. The van der Waals surface area contributed by atoms with Crippen LogP contribution in [0.25, 0.3) is 0 Å². The Morgan fingerprint density at radius 2 is 1.91 bits per heavy atom. The van der Waals surface area contributed by atoms with Gasteiger partial charge in [-0.05, 0) is 45.1 Å². The first kappa shape index (κ1) is 16.7. The molecule has 1 aliphatic heterocycles. The highest BCUT2D eigenvalue weighted by Gasteiger charge is 2.29. The molecule has 2 heterocycles. The predicted molar refractivity (Wildman–Crippen MR) is 96.6 cm³/mol. The lowest BCUT2D eigenvalue weighted by molar-refractivity contribution is 0.0987. The molecule has 0 spiro atoms. The number of piperidine rings is 1. The Kier molecular flexibility index (Phi) is 6.13. The summed E-state index contributed by atoms with van der Waals surface area (Å²) in [6, 6.07) is 2.15. The van der Waals surface area contributed by atoms with E-state index in [-0.39, 0.29) is 0 Å². The van der Waals surface area contributed by atoms with Gasteiger partial charge >= 0.3 is 0 Å². The van der Waals surface area contributed by atoms with Crippen LogP contribution in [0.4, 0.5) is 0 Å². The molecule has 1 saturated carbocycles. The Labute approximate surface area is 143 Å². The molecule has 0 bridgehead atoms. The average Bonchev–Trinajstić information content (AvgIpc) is 3.05. The summed E-state index contributed by atoms with van der Waals surface area (Å²) in [5.41, 5.74) is 0. The number of aromatic nitrogens is 2. The molecule has 124 valence electrons. The van der Waals surface area contributed by atoms with Crippen molar-refractivity contribution >= 4 is 22.5 Å². The van der Waals surface area contributed by atoms with Crippen molar-refractivity contribution in [2.24, 2.45) is 0 Å². The molecule has 0 unspecified atom stereocenters. The van der Waals surface area contributed by atoms with Crippen molar-refractivity contribution in [2.75, 3.05) is 19.6 Å². The zero-order chi connectivity index (χ0) is 15.4. The zero-order valence-corrected chi connectivity index (χ0v) is 15.2. The number of thiol groups is 1. The van der Waals surface area contributed by atoms with Crippen LogP contribution in [0.15, 0.2) is 17.3 Å². The van der Waals surface area contributed by atoms with E-state index < -0.39 is 0 Å². The summed E-state index contributed by atoms with van der Waals surface area (Å²) in [6.45, 7) is 5.77. The Bertz CT molecular complexity index is 449. The Morgan fingerprint density at radius 3 is 2.50 bits per heavy atom. The van der Waals surface area contributed by atoms with Crippen LogP contribution in [0.5, 0.6) is 0 Å². The van der Waals surface area contributed by atoms with E-state index in [4.69, 9.17) is 0 Å². The molecule has 0 radical (unpaired) electrons. The fourth-order valence-corrected chi connectivity index (χ4v) is 4.55. The maximum absolute atomic E-state index is 4.50. The zero-order valence-electron chi connectivity index (χ0n) is 13.4. The molecule has 4 nitrogen and oxygen atoms in total. The number of hydrogen-bond acceptors (Lipinski definition) is 5. The lowest BCUT2D eigenvalue weighted by Crippen LogP contribution is -2.45. The van der Waals surface area contributed by atoms with Crippen molar-refractivity contribution in [3.8, 4) is 0 Å². The van der Waals surface area contributed by atoms with Crippen LogP contribution < -0.4 is 5.32 Å². The fourth-order valence-electron chi connectivity index (χ4n) is 4.02. The summed E-state index contributed by atoms with van der Waals surface area (Å²) >= 11 is 4.24. The second-order valence-electron chi connectivity index (χ2n) is 6.58. The summed E-state index contributed by atoms with van der Waals surface area (Å²) in [5, 5.41) is 8.10. The number of nitrogens with one attached hydrogen (secondary N) is 1. The molecular weight excluding hydrogens is 312 g/mol. The monoisotopic (exact) mass is 340 g/mol. The molecule has 1 aliphatic carbocycles. The van der Waals surface area contributed by atoms with E-state index in [0.717, 1.165) is 23.5 Å². The molecule has 22 heavy (non-hydrogen) atoms. The molecular formula is C16H28N4S2. The lowest BCUT2D eigenvalue weighted by atomic mass is 9.89. The first-order chi connectivity index (χ1) is 10.8. The Morgan fingerprint density at radius 1 is 1.18 bits per heavy atom. The quantitative estimate of drug-likeness (QED) is 0.636. The van der Waals surface area contributed by atoms with Crippen molar-refractivity contribution in [2.45, 2.75) is 68.5 Å². The van der Waals surface area contributed by atoms with Crippen LogP contribution in [-0.4, -0.2) is 46.4 Å². The van der Waals surface area contributed by atoms with Gasteiger partial charge in [-0.1, -0.05) is 17.7 Å². The molecule has 1 saturated heterocycles. The van der Waals surface area contributed by atoms with E-state index in [1.807, 2.05) is 6.20 Å². The van der Waals surface area contributed by atoms with Crippen LogP contribution >= 0.6 is 22.5 Å². The van der Waals surface area contributed by atoms with E-state index in [2.05, 4.69) is 44.8 Å². The normalized spacial score (nSPS) is 28.1. The minimum atomic E-state index is 0.573. The Hall–Kier alpha value is -0.170. The summed E-state index contributed by atoms with van der Waals surface area (Å²) in [6.07, 6.45) is 11.9. The van der Waals surface area contributed by atoms with Gasteiger partial charge in [0.25, 0.3) is 0 Å². The predicted octanol–water partition coefficient (Wildman–Crippen LogP) is 3.38. The summed E-state index contributed by atoms with van der Waals surface area (Å²) in [5.74, 6) is 0. The molecule has 1 aromatic heterocycles. The molecule has 1 N–H and O–H groups in total. The first-order valence-corrected chi connectivity index (χ1v) is 10.5. The third-order valence-corrected chi connectivity index (χ3v) is 6.32. The van der Waals surface area contributed by atoms with Crippen molar-refractivity contribution in [1.29, 1.82) is 0 Å². The SMILES string of the molecule is CCNC1CCC(N2CCC(n3cc(SS)cn3)CC2)CC1. The van der Waals surface area contributed by atoms with Gasteiger partial charge in [0.15, 0.2) is 0 Å². The molecule has 0 atom stereocenters. The largest absolute Gasteiger partial charge is 0.314 e. The number of nitrogens with zero attached hydrogens (tertiary/aromatic N) is 3. The molecule has 1 aromatic rings. The highest BCUT2D eigenvalue weighted by molar-refractivity contribution is 8.68. The van der Waals surface area contributed by atoms with E-state index in [1.54, 1.807) is 0 Å². The van der Waals surface area contributed by atoms with Crippen molar-refractivity contribution < 1.29 is 0 Å². The standard InChI is InChI=1S/C16H28N4S2/c1-2-17-13-3-5-14(6-4-13)19-9-7-15(8-10-19)20-12-16(22-21)11-18-20/h11-15,17,21H,2-10H2,1H3. The third-order valence-electron chi connectivity index (χ3n) is 5.26. The van der Waals surface area contributed by atoms with Crippen LogP contribution in [0, 0.1) is 0 Å². The number of hydrogen-bond donors (Lipinski definition) is 2. The van der Waals surface area contributed by atoms with Crippen molar-refractivity contribution in [1.82, 2.24) is 20.0 Å². The lowest BCUT2D eigenvalue weighted by Gasteiger charge is -2.41.